The predicted molar refractivity (Wildman–Crippen MR) is 121 cm³/mol. The van der Waals surface area contributed by atoms with Crippen LogP contribution in [0.15, 0.2) is 96.1 Å². The number of hydrogen-bond acceptors (Lipinski definition) is 3. The molecule has 0 spiro atoms. The van der Waals surface area contributed by atoms with Crippen molar-refractivity contribution in [3.05, 3.63) is 102 Å². The molecule has 0 aliphatic carbocycles. The summed E-state index contributed by atoms with van der Waals surface area (Å²) in [5.41, 5.74) is 5.52. The number of nitrogens with zero attached hydrogens (tertiary/aromatic N) is 2. The quantitative estimate of drug-likeness (QED) is 0.329. The summed E-state index contributed by atoms with van der Waals surface area (Å²) < 4.78 is 0. The molecular formula is C25H18N4O. The van der Waals surface area contributed by atoms with Crippen LogP contribution in [0.1, 0.15) is 16.1 Å². The van der Waals surface area contributed by atoms with Gasteiger partial charge in [0.2, 0.25) is 0 Å². The second-order valence-corrected chi connectivity index (χ2v) is 7.00. The summed E-state index contributed by atoms with van der Waals surface area (Å²) in [6.07, 6.45) is 1.65. The Kier molecular flexibility index (Phi) is 4.54. The molecule has 2 N–H and O–H groups in total. The van der Waals surface area contributed by atoms with E-state index in [0.29, 0.717) is 11.4 Å². The van der Waals surface area contributed by atoms with E-state index in [-0.39, 0.29) is 5.91 Å². The summed E-state index contributed by atoms with van der Waals surface area (Å²) in [4.78, 5) is 12.5. The predicted octanol–water partition coefficient (Wildman–Crippen LogP) is 5.15. The smallest absolute Gasteiger partial charge is 0.272 e. The Balaban J connectivity index is 1.33. The van der Waals surface area contributed by atoms with E-state index < -0.39 is 0 Å². The Morgan fingerprint density at radius 1 is 0.833 bits per heavy atom. The maximum Gasteiger partial charge on any atom is 0.289 e. The van der Waals surface area contributed by atoms with Crippen molar-refractivity contribution in [1.29, 1.82) is 0 Å². The second kappa shape index (κ2) is 7.64. The third-order valence-corrected chi connectivity index (χ3v) is 5.06. The van der Waals surface area contributed by atoms with Crippen LogP contribution in [-0.4, -0.2) is 22.3 Å². The maximum atomic E-state index is 12.5. The van der Waals surface area contributed by atoms with Gasteiger partial charge in [0, 0.05) is 11.1 Å². The topological polar surface area (TPSA) is 70.1 Å². The zero-order chi connectivity index (χ0) is 20.3. The highest BCUT2D eigenvalue weighted by Crippen LogP contribution is 2.23. The van der Waals surface area contributed by atoms with E-state index in [0.717, 1.165) is 32.7 Å². The molecule has 0 bridgehead atoms. The van der Waals surface area contributed by atoms with Crippen LogP contribution >= 0.6 is 0 Å². The molecule has 5 nitrogen and oxygen atoms in total. The largest absolute Gasteiger partial charge is 0.289 e. The van der Waals surface area contributed by atoms with E-state index in [4.69, 9.17) is 0 Å². The SMILES string of the molecule is O=C(NN=Cc1cccc2ccccc12)c1cc(-c2ccc3ccccc3c2)n[nH]1. The fourth-order valence-corrected chi connectivity index (χ4v) is 3.52. The summed E-state index contributed by atoms with van der Waals surface area (Å²) in [5.74, 6) is -0.342. The number of benzene rings is 4. The van der Waals surface area contributed by atoms with Gasteiger partial charge in [-0.15, -0.1) is 0 Å². The molecule has 1 amide bonds. The van der Waals surface area contributed by atoms with Crippen molar-refractivity contribution in [2.75, 3.05) is 0 Å². The molecule has 1 aromatic heterocycles. The molecule has 4 aromatic carbocycles. The number of carbonyl (C=O) groups excluding carboxylic acids is 1. The van der Waals surface area contributed by atoms with Crippen LogP contribution < -0.4 is 5.43 Å². The average molecular weight is 390 g/mol. The molecule has 0 aliphatic heterocycles. The second-order valence-electron chi connectivity index (χ2n) is 7.00. The first-order valence-corrected chi connectivity index (χ1v) is 9.64. The van der Waals surface area contributed by atoms with Gasteiger partial charge >= 0.3 is 0 Å². The minimum absolute atomic E-state index is 0.342. The van der Waals surface area contributed by atoms with Crippen LogP contribution in [0.4, 0.5) is 0 Å². The lowest BCUT2D eigenvalue weighted by Gasteiger charge is -2.01. The molecule has 0 aliphatic rings. The number of H-pyrrole nitrogens is 1. The van der Waals surface area contributed by atoms with Crippen molar-refractivity contribution in [2.45, 2.75) is 0 Å². The van der Waals surface area contributed by atoms with Crippen molar-refractivity contribution >= 4 is 33.7 Å². The lowest BCUT2D eigenvalue weighted by Crippen LogP contribution is -2.18. The molecule has 0 fully saturated rings. The summed E-state index contributed by atoms with van der Waals surface area (Å²) >= 11 is 0. The summed E-state index contributed by atoms with van der Waals surface area (Å²) in [7, 11) is 0. The van der Waals surface area contributed by atoms with Gasteiger partial charge < -0.3 is 0 Å². The van der Waals surface area contributed by atoms with Crippen LogP contribution in [-0.2, 0) is 0 Å². The van der Waals surface area contributed by atoms with Gasteiger partial charge in [-0.2, -0.15) is 10.2 Å². The molecule has 0 radical (unpaired) electrons. The first kappa shape index (κ1) is 17.8. The van der Waals surface area contributed by atoms with E-state index in [2.05, 4.69) is 38.9 Å². The van der Waals surface area contributed by atoms with E-state index in [1.807, 2.05) is 66.7 Å². The fraction of sp³-hybridized carbons (Fsp3) is 0. The maximum absolute atomic E-state index is 12.5. The molecule has 144 valence electrons. The number of hydrazone groups is 1. The number of hydrogen-bond donors (Lipinski definition) is 2. The lowest BCUT2D eigenvalue weighted by atomic mass is 10.1. The van der Waals surface area contributed by atoms with Crippen LogP contribution in [0, 0.1) is 0 Å². The lowest BCUT2D eigenvalue weighted by molar-refractivity contribution is 0.0950. The number of fused-ring (bicyclic) bond motifs is 2. The Hall–Kier alpha value is -4.25. The van der Waals surface area contributed by atoms with Crippen molar-refractivity contribution in [1.82, 2.24) is 15.6 Å². The zero-order valence-electron chi connectivity index (χ0n) is 16.0. The Morgan fingerprint density at radius 2 is 1.60 bits per heavy atom. The molecule has 5 aromatic rings. The van der Waals surface area contributed by atoms with Crippen molar-refractivity contribution in [3.63, 3.8) is 0 Å². The van der Waals surface area contributed by atoms with Gasteiger partial charge in [0.05, 0.1) is 11.9 Å². The van der Waals surface area contributed by atoms with Gasteiger partial charge in [-0.25, -0.2) is 5.43 Å². The summed E-state index contributed by atoms with van der Waals surface area (Å²) in [5, 5.41) is 15.7. The zero-order valence-corrected chi connectivity index (χ0v) is 16.0. The first-order valence-electron chi connectivity index (χ1n) is 9.64. The van der Waals surface area contributed by atoms with Crippen molar-refractivity contribution < 1.29 is 4.79 Å². The normalized spacial score (nSPS) is 11.3. The van der Waals surface area contributed by atoms with Gasteiger partial charge in [0.25, 0.3) is 5.91 Å². The summed E-state index contributed by atoms with van der Waals surface area (Å²) in [6.45, 7) is 0. The third kappa shape index (κ3) is 3.44. The van der Waals surface area contributed by atoms with Crippen LogP contribution in [0.5, 0.6) is 0 Å². The van der Waals surface area contributed by atoms with E-state index >= 15 is 0 Å². The number of nitrogens with one attached hydrogen (secondary N) is 2. The average Bonchev–Trinajstić information content (AvgIpc) is 3.29. The van der Waals surface area contributed by atoms with E-state index in [1.54, 1.807) is 12.3 Å². The first-order chi connectivity index (χ1) is 14.8. The Bertz CT molecular complexity index is 1400. The number of rotatable bonds is 4. The van der Waals surface area contributed by atoms with Gasteiger partial charge in [0.15, 0.2) is 0 Å². The minimum Gasteiger partial charge on any atom is -0.272 e. The molecule has 1 heterocycles. The van der Waals surface area contributed by atoms with Gasteiger partial charge in [-0.05, 0) is 33.7 Å². The number of carbonyl (C=O) groups is 1. The van der Waals surface area contributed by atoms with E-state index in [1.165, 1.54) is 0 Å². The Morgan fingerprint density at radius 3 is 2.50 bits per heavy atom. The van der Waals surface area contributed by atoms with Gasteiger partial charge in [-0.3, -0.25) is 9.89 Å². The number of aromatic amines is 1. The highest BCUT2D eigenvalue weighted by atomic mass is 16.2. The van der Waals surface area contributed by atoms with Gasteiger partial charge in [-0.1, -0.05) is 78.9 Å². The molecule has 0 saturated carbocycles. The molecule has 0 saturated heterocycles. The third-order valence-electron chi connectivity index (χ3n) is 5.06. The number of aromatic nitrogens is 2. The fourth-order valence-electron chi connectivity index (χ4n) is 3.52. The molecule has 5 heteroatoms. The molecule has 0 unspecified atom stereocenters. The van der Waals surface area contributed by atoms with Crippen molar-refractivity contribution in [2.24, 2.45) is 5.10 Å². The molecule has 30 heavy (non-hydrogen) atoms. The van der Waals surface area contributed by atoms with Gasteiger partial charge in [0.1, 0.15) is 5.69 Å². The standard InChI is InChI=1S/C25H18N4O/c30-25(29-26-16-21-10-5-9-18-7-3-4-11-22(18)21)24-15-23(27-28-24)20-13-12-17-6-1-2-8-19(17)14-20/h1-16H,(H,27,28)(H,29,30). The monoisotopic (exact) mass is 390 g/mol. The minimum atomic E-state index is -0.342. The Labute approximate surface area is 173 Å². The summed E-state index contributed by atoms with van der Waals surface area (Å²) in [6, 6.07) is 30.0. The van der Waals surface area contributed by atoms with Crippen molar-refractivity contribution in [3.8, 4) is 11.3 Å². The number of amides is 1. The van der Waals surface area contributed by atoms with E-state index in [9.17, 15) is 4.79 Å². The van der Waals surface area contributed by atoms with Crippen LogP contribution in [0.2, 0.25) is 0 Å². The molecule has 0 atom stereocenters. The highest BCUT2D eigenvalue weighted by molar-refractivity contribution is 6.00. The molecule has 5 rings (SSSR count). The van der Waals surface area contributed by atoms with Crippen LogP contribution in [0.25, 0.3) is 32.8 Å². The highest BCUT2D eigenvalue weighted by Gasteiger charge is 2.11. The molecular weight excluding hydrogens is 372 g/mol. The van der Waals surface area contributed by atoms with Crippen LogP contribution in [0.3, 0.4) is 0 Å².